The Hall–Kier alpha value is -1.61. The lowest BCUT2D eigenvalue weighted by Crippen LogP contribution is -1.80. The largest absolute Gasteiger partial charge is 0.338 e. The Morgan fingerprint density at radius 1 is 1.06 bits per heavy atom. The first-order valence-electron chi connectivity index (χ1n) is 5.45. The first kappa shape index (κ1) is 10.5. The van der Waals surface area contributed by atoms with Gasteiger partial charge < -0.3 is 4.98 Å². The minimum atomic E-state index is 0.915. The average molecular weight is 287 g/mol. The zero-order valence-corrected chi connectivity index (χ0v) is 11.0. The molecule has 1 N–H and O–H groups in total. The molecule has 3 aromatic rings. The fraction of sp³-hybridized carbons (Fsp3) is 0.0714. The molecule has 0 atom stereocenters. The first-order valence-corrected chi connectivity index (χ1v) is 6.24. The minimum absolute atomic E-state index is 0.915. The third kappa shape index (κ3) is 1.98. The molecular formula is C14H11BrN2. The summed E-state index contributed by atoms with van der Waals surface area (Å²) in [4.78, 5) is 7.91. The van der Waals surface area contributed by atoms with E-state index < -0.39 is 0 Å². The van der Waals surface area contributed by atoms with Crippen molar-refractivity contribution in [2.24, 2.45) is 0 Å². The average Bonchev–Trinajstić information content (AvgIpc) is 2.72. The van der Waals surface area contributed by atoms with E-state index in [1.807, 2.05) is 18.2 Å². The van der Waals surface area contributed by atoms with Crippen molar-refractivity contribution in [2.45, 2.75) is 6.92 Å². The van der Waals surface area contributed by atoms with E-state index in [1.165, 1.54) is 5.56 Å². The Labute approximate surface area is 108 Å². The van der Waals surface area contributed by atoms with Gasteiger partial charge in [-0.05, 0) is 25.1 Å². The number of halogens is 1. The number of nitrogens with one attached hydrogen (secondary N) is 1. The number of hydrogen-bond donors (Lipinski definition) is 1. The normalized spacial score (nSPS) is 10.9. The summed E-state index contributed by atoms with van der Waals surface area (Å²) in [7, 11) is 0. The number of hydrogen-bond acceptors (Lipinski definition) is 1. The highest BCUT2D eigenvalue weighted by Gasteiger charge is 2.04. The third-order valence-corrected chi connectivity index (χ3v) is 3.26. The summed E-state index contributed by atoms with van der Waals surface area (Å²) in [5.41, 5.74) is 4.41. The van der Waals surface area contributed by atoms with Crippen LogP contribution in [0.4, 0.5) is 0 Å². The lowest BCUT2D eigenvalue weighted by atomic mass is 10.1. The molecule has 17 heavy (non-hydrogen) atoms. The summed E-state index contributed by atoms with van der Waals surface area (Å²) in [6.45, 7) is 2.08. The summed E-state index contributed by atoms with van der Waals surface area (Å²) in [5.74, 6) is 0.915. The molecule has 0 fully saturated rings. The van der Waals surface area contributed by atoms with Crippen molar-refractivity contribution < 1.29 is 0 Å². The second-order valence-corrected chi connectivity index (χ2v) is 5.03. The van der Waals surface area contributed by atoms with Gasteiger partial charge >= 0.3 is 0 Å². The molecule has 0 aliphatic carbocycles. The van der Waals surface area contributed by atoms with Crippen LogP contribution in [-0.4, -0.2) is 9.97 Å². The second-order valence-electron chi connectivity index (χ2n) is 4.11. The van der Waals surface area contributed by atoms with Gasteiger partial charge in [-0.1, -0.05) is 45.8 Å². The molecule has 2 nitrogen and oxygen atoms in total. The van der Waals surface area contributed by atoms with E-state index in [4.69, 9.17) is 0 Å². The first-order chi connectivity index (χ1) is 8.22. The van der Waals surface area contributed by atoms with E-state index in [0.717, 1.165) is 26.9 Å². The third-order valence-electron chi connectivity index (χ3n) is 2.77. The van der Waals surface area contributed by atoms with E-state index in [1.54, 1.807) is 0 Å². The molecule has 2 aromatic carbocycles. The Balaban J connectivity index is 2.14. The predicted molar refractivity (Wildman–Crippen MR) is 74.0 cm³/mol. The highest BCUT2D eigenvalue weighted by atomic mass is 79.9. The van der Waals surface area contributed by atoms with Crippen LogP contribution in [0.25, 0.3) is 22.4 Å². The topological polar surface area (TPSA) is 28.7 Å². The van der Waals surface area contributed by atoms with Crippen LogP contribution < -0.4 is 0 Å². The van der Waals surface area contributed by atoms with Gasteiger partial charge in [-0.25, -0.2) is 4.98 Å². The van der Waals surface area contributed by atoms with Crippen molar-refractivity contribution in [3.8, 4) is 11.4 Å². The number of imidazole rings is 1. The zero-order chi connectivity index (χ0) is 11.8. The van der Waals surface area contributed by atoms with Gasteiger partial charge in [0.25, 0.3) is 0 Å². The van der Waals surface area contributed by atoms with Gasteiger partial charge in [0.2, 0.25) is 0 Å². The van der Waals surface area contributed by atoms with E-state index in [-0.39, 0.29) is 0 Å². The number of fused-ring (bicyclic) bond motifs is 1. The molecule has 0 saturated heterocycles. The SMILES string of the molecule is Cc1ccc(-c2nc3ccc(Br)cc3[nH]2)cc1. The molecule has 3 rings (SSSR count). The van der Waals surface area contributed by atoms with Crippen molar-refractivity contribution in [2.75, 3.05) is 0 Å². The maximum atomic E-state index is 4.58. The molecule has 3 heteroatoms. The van der Waals surface area contributed by atoms with Crippen LogP contribution in [0.2, 0.25) is 0 Å². The smallest absolute Gasteiger partial charge is 0.138 e. The molecule has 0 unspecified atom stereocenters. The monoisotopic (exact) mass is 286 g/mol. The Morgan fingerprint density at radius 2 is 1.82 bits per heavy atom. The maximum absolute atomic E-state index is 4.58. The van der Waals surface area contributed by atoms with Crippen LogP contribution in [0.15, 0.2) is 46.9 Å². The van der Waals surface area contributed by atoms with E-state index in [2.05, 4.69) is 57.1 Å². The Bertz CT molecular complexity index is 668. The van der Waals surface area contributed by atoms with Crippen molar-refractivity contribution in [3.05, 3.63) is 52.5 Å². The quantitative estimate of drug-likeness (QED) is 0.710. The lowest BCUT2D eigenvalue weighted by Gasteiger charge is -1.96. The molecule has 0 aliphatic heterocycles. The van der Waals surface area contributed by atoms with Crippen LogP contribution in [0, 0.1) is 6.92 Å². The van der Waals surface area contributed by atoms with Crippen molar-refractivity contribution in [3.63, 3.8) is 0 Å². The zero-order valence-electron chi connectivity index (χ0n) is 9.37. The van der Waals surface area contributed by atoms with Gasteiger partial charge in [0.15, 0.2) is 0 Å². The number of nitrogens with zero attached hydrogens (tertiary/aromatic N) is 1. The molecule has 0 radical (unpaired) electrons. The molecular weight excluding hydrogens is 276 g/mol. The molecule has 0 amide bonds. The number of aromatic amines is 1. The molecule has 0 bridgehead atoms. The second kappa shape index (κ2) is 4.00. The number of H-pyrrole nitrogens is 1. The van der Waals surface area contributed by atoms with Crippen molar-refractivity contribution in [1.29, 1.82) is 0 Å². The highest BCUT2D eigenvalue weighted by Crippen LogP contribution is 2.23. The molecule has 84 valence electrons. The van der Waals surface area contributed by atoms with Gasteiger partial charge in [0.1, 0.15) is 5.82 Å². The standard InChI is InChI=1S/C14H11BrN2/c1-9-2-4-10(5-3-9)14-16-12-7-6-11(15)8-13(12)17-14/h2-8H,1H3,(H,16,17). The Morgan fingerprint density at radius 3 is 2.59 bits per heavy atom. The summed E-state index contributed by atoms with van der Waals surface area (Å²) < 4.78 is 1.06. The molecule has 1 aromatic heterocycles. The number of aromatic nitrogens is 2. The molecule has 1 heterocycles. The van der Waals surface area contributed by atoms with Gasteiger partial charge in [-0.3, -0.25) is 0 Å². The number of rotatable bonds is 1. The molecule has 0 spiro atoms. The van der Waals surface area contributed by atoms with Crippen LogP contribution in [0.3, 0.4) is 0 Å². The lowest BCUT2D eigenvalue weighted by molar-refractivity contribution is 1.33. The van der Waals surface area contributed by atoms with Crippen LogP contribution in [0.5, 0.6) is 0 Å². The predicted octanol–water partition coefficient (Wildman–Crippen LogP) is 4.30. The molecule has 0 saturated carbocycles. The fourth-order valence-corrected chi connectivity index (χ4v) is 2.19. The van der Waals surface area contributed by atoms with Crippen molar-refractivity contribution >= 4 is 27.0 Å². The van der Waals surface area contributed by atoms with Gasteiger partial charge in [-0.15, -0.1) is 0 Å². The summed E-state index contributed by atoms with van der Waals surface area (Å²) >= 11 is 3.46. The van der Waals surface area contributed by atoms with Gasteiger partial charge in [0, 0.05) is 10.0 Å². The number of aryl methyl sites for hydroxylation is 1. The van der Waals surface area contributed by atoms with Crippen LogP contribution >= 0.6 is 15.9 Å². The minimum Gasteiger partial charge on any atom is -0.338 e. The Kier molecular flexibility index (Phi) is 2.48. The summed E-state index contributed by atoms with van der Waals surface area (Å²) in [6, 6.07) is 14.4. The van der Waals surface area contributed by atoms with Crippen LogP contribution in [-0.2, 0) is 0 Å². The maximum Gasteiger partial charge on any atom is 0.138 e. The van der Waals surface area contributed by atoms with E-state index in [0.29, 0.717) is 0 Å². The van der Waals surface area contributed by atoms with Crippen molar-refractivity contribution in [1.82, 2.24) is 9.97 Å². The summed E-state index contributed by atoms with van der Waals surface area (Å²) in [6.07, 6.45) is 0. The number of benzene rings is 2. The van der Waals surface area contributed by atoms with Gasteiger partial charge in [0.05, 0.1) is 11.0 Å². The van der Waals surface area contributed by atoms with E-state index in [9.17, 15) is 0 Å². The van der Waals surface area contributed by atoms with E-state index >= 15 is 0 Å². The van der Waals surface area contributed by atoms with Crippen LogP contribution in [0.1, 0.15) is 5.56 Å². The van der Waals surface area contributed by atoms with Gasteiger partial charge in [-0.2, -0.15) is 0 Å². The summed E-state index contributed by atoms with van der Waals surface area (Å²) in [5, 5.41) is 0. The fourth-order valence-electron chi connectivity index (χ4n) is 1.83. The highest BCUT2D eigenvalue weighted by molar-refractivity contribution is 9.10. The molecule has 0 aliphatic rings.